The highest BCUT2D eigenvalue weighted by atomic mass is 32.1. The van der Waals surface area contributed by atoms with Gasteiger partial charge in [0.1, 0.15) is 5.01 Å². The molecule has 0 aliphatic rings. The van der Waals surface area contributed by atoms with Crippen molar-refractivity contribution >= 4 is 17.2 Å². The second-order valence-corrected chi connectivity index (χ2v) is 5.50. The smallest absolute Gasteiger partial charge is 0.237 e. The van der Waals surface area contributed by atoms with E-state index in [-0.39, 0.29) is 18.0 Å². The average Bonchev–Trinajstić information content (AvgIpc) is 2.79. The fraction of sp³-hybridized carbons (Fsp3) is 0.667. The van der Waals surface area contributed by atoms with Gasteiger partial charge in [-0.05, 0) is 26.3 Å². The SMILES string of the molecule is CN[C@H](C)C(=O)N[C@@H](CC(C)C)c1nccs1. The molecular formula is C12H21N3OS. The summed E-state index contributed by atoms with van der Waals surface area (Å²) in [7, 11) is 1.78. The van der Waals surface area contributed by atoms with Gasteiger partial charge in [0.05, 0.1) is 12.1 Å². The van der Waals surface area contributed by atoms with Crippen molar-refractivity contribution in [1.29, 1.82) is 0 Å². The molecule has 17 heavy (non-hydrogen) atoms. The molecule has 2 N–H and O–H groups in total. The van der Waals surface area contributed by atoms with Crippen LogP contribution >= 0.6 is 11.3 Å². The molecule has 0 saturated carbocycles. The lowest BCUT2D eigenvalue weighted by Gasteiger charge is -2.20. The van der Waals surface area contributed by atoms with Crippen LogP contribution in [0.4, 0.5) is 0 Å². The Bertz CT molecular complexity index is 338. The van der Waals surface area contributed by atoms with Crippen molar-refractivity contribution in [3.8, 4) is 0 Å². The molecule has 0 radical (unpaired) electrons. The number of amides is 1. The first-order chi connectivity index (χ1) is 8.04. The minimum Gasteiger partial charge on any atom is -0.346 e. The number of nitrogens with one attached hydrogen (secondary N) is 2. The van der Waals surface area contributed by atoms with Gasteiger partial charge in [0.25, 0.3) is 0 Å². The second-order valence-electron chi connectivity index (χ2n) is 4.57. The number of carbonyl (C=O) groups excluding carboxylic acids is 1. The molecule has 1 rings (SSSR count). The van der Waals surface area contributed by atoms with Crippen LogP contribution in [0.3, 0.4) is 0 Å². The zero-order valence-electron chi connectivity index (χ0n) is 10.9. The summed E-state index contributed by atoms with van der Waals surface area (Å²) in [6, 6.07) is -0.150. The highest BCUT2D eigenvalue weighted by molar-refractivity contribution is 7.09. The third-order valence-electron chi connectivity index (χ3n) is 2.60. The van der Waals surface area contributed by atoms with Gasteiger partial charge < -0.3 is 10.6 Å². The lowest BCUT2D eigenvalue weighted by molar-refractivity contribution is -0.123. The molecule has 0 unspecified atom stereocenters. The number of thiazole rings is 1. The number of aromatic nitrogens is 1. The second kappa shape index (κ2) is 6.71. The highest BCUT2D eigenvalue weighted by Gasteiger charge is 2.20. The maximum Gasteiger partial charge on any atom is 0.237 e. The number of likely N-dealkylation sites (N-methyl/N-ethyl adjacent to an activating group) is 1. The van der Waals surface area contributed by atoms with E-state index in [0.29, 0.717) is 5.92 Å². The largest absolute Gasteiger partial charge is 0.346 e. The number of hydrogen-bond acceptors (Lipinski definition) is 4. The molecule has 0 spiro atoms. The van der Waals surface area contributed by atoms with Crippen molar-refractivity contribution in [2.45, 2.75) is 39.3 Å². The molecule has 0 saturated heterocycles. The number of carbonyl (C=O) groups is 1. The van der Waals surface area contributed by atoms with Crippen LogP contribution in [0.5, 0.6) is 0 Å². The zero-order valence-corrected chi connectivity index (χ0v) is 11.7. The third-order valence-corrected chi connectivity index (χ3v) is 3.49. The van der Waals surface area contributed by atoms with Gasteiger partial charge in [-0.15, -0.1) is 11.3 Å². The van der Waals surface area contributed by atoms with E-state index < -0.39 is 0 Å². The van der Waals surface area contributed by atoms with Gasteiger partial charge in [-0.3, -0.25) is 4.79 Å². The van der Waals surface area contributed by atoms with Crippen LogP contribution in [-0.4, -0.2) is 24.0 Å². The van der Waals surface area contributed by atoms with E-state index in [9.17, 15) is 4.79 Å². The van der Waals surface area contributed by atoms with E-state index in [2.05, 4.69) is 29.5 Å². The van der Waals surface area contributed by atoms with Crippen LogP contribution in [0.25, 0.3) is 0 Å². The molecule has 96 valence electrons. The first kappa shape index (κ1) is 14.1. The van der Waals surface area contributed by atoms with Crippen molar-refractivity contribution < 1.29 is 4.79 Å². The summed E-state index contributed by atoms with van der Waals surface area (Å²) in [6.45, 7) is 6.14. The van der Waals surface area contributed by atoms with Crippen LogP contribution in [0.15, 0.2) is 11.6 Å². The molecule has 1 heterocycles. The van der Waals surface area contributed by atoms with Crippen molar-refractivity contribution in [3.05, 3.63) is 16.6 Å². The standard InChI is InChI=1S/C12H21N3OS/c1-8(2)7-10(12-14-5-6-17-12)15-11(16)9(3)13-4/h5-6,8-10,13H,7H2,1-4H3,(H,15,16)/t9-,10+/m1/s1. The molecular weight excluding hydrogens is 234 g/mol. The molecule has 0 aromatic carbocycles. The lowest BCUT2D eigenvalue weighted by atomic mass is 10.0. The van der Waals surface area contributed by atoms with Gasteiger partial charge in [-0.25, -0.2) is 4.98 Å². The van der Waals surface area contributed by atoms with Crippen LogP contribution in [0.1, 0.15) is 38.2 Å². The van der Waals surface area contributed by atoms with Gasteiger partial charge in [-0.2, -0.15) is 0 Å². The Morgan fingerprint density at radius 1 is 1.47 bits per heavy atom. The van der Waals surface area contributed by atoms with Crippen molar-refractivity contribution in [3.63, 3.8) is 0 Å². The van der Waals surface area contributed by atoms with Gasteiger partial charge in [0.2, 0.25) is 5.91 Å². The predicted octanol–water partition coefficient (Wildman–Crippen LogP) is 1.95. The highest BCUT2D eigenvalue weighted by Crippen LogP contribution is 2.23. The molecule has 4 nitrogen and oxygen atoms in total. The fourth-order valence-corrected chi connectivity index (χ4v) is 2.23. The molecule has 1 aromatic rings. The van der Waals surface area contributed by atoms with Crippen LogP contribution in [-0.2, 0) is 4.79 Å². The quantitative estimate of drug-likeness (QED) is 0.817. The summed E-state index contributed by atoms with van der Waals surface area (Å²) in [4.78, 5) is 16.2. The monoisotopic (exact) mass is 255 g/mol. The molecule has 0 bridgehead atoms. The number of hydrogen-bond donors (Lipinski definition) is 2. The minimum atomic E-state index is -0.176. The average molecular weight is 255 g/mol. The Labute approximate surface area is 107 Å². The Kier molecular flexibility index (Phi) is 5.58. The maximum atomic E-state index is 11.9. The fourth-order valence-electron chi connectivity index (χ4n) is 1.53. The van der Waals surface area contributed by atoms with E-state index in [0.717, 1.165) is 11.4 Å². The summed E-state index contributed by atoms with van der Waals surface area (Å²) < 4.78 is 0. The molecule has 2 atom stereocenters. The Balaban J connectivity index is 2.68. The van der Waals surface area contributed by atoms with Gasteiger partial charge in [0.15, 0.2) is 0 Å². The Hall–Kier alpha value is -0.940. The van der Waals surface area contributed by atoms with E-state index >= 15 is 0 Å². The van der Waals surface area contributed by atoms with Crippen LogP contribution in [0.2, 0.25) is 0 Å². The summed E-state index contributed by atoms with van der Waals surface area (Å²) in [5, 5.41) is 8.91. The van der Waals surface area contributed by atoms with E-state index in [4.69, 9.17) is 0 Å². The maximum absolute atomic E-state index is 11.9. The topological polar surface area (TPSA) is 54.0 Å². The van der Waals surface area contributed by atoms with E-state index in [1.165, 1.54) is 0 Å². The van der Waals surface area contributed by atoms with Gasteiger partial charge in [-0.1, -0.05) is 13.8 Å². The number of nitrogens with zero attached hydrogens (tertiary/aromatic N) is 1. The van der Waals surface area contributed by atoms with E-state index in [1.807, 2.05) is 12.3 Å². The molecule has 5 heteroatoms. The molecule has 0 aliphatic heterocycles. The predicted molar refractivity (Wildman–Crippen MR) is 71.0 cm³/mol. The van der Waals surface area contributed by atoms with Crippen molar-refractivity contribution in [2.75, 3.05) is 7.05 Å². The Morgan fingerprint density at radius 2 is 2.18 bits per heavy atom. The third kappa shape index (κ3) is 4.44. The summed E-state index contributed by atoms with van der Waals surface area (Å²) in [6.07, 6.45) is 2.69. The van der Waals surface area contributed by atoms with Crippen LogP contribution < -0.4 is 10.6 Å². The summed E-state index contributed by atoms with van der Waals surface area (Å²) >= 11 is 1.59. The minimum absolute atomic E-state index is 0.0216. The van der Waals surface area contributed by atoms with Gasteiger partial charge in [0, 0.05) is 11.6 Å². The summed E-state index contributed by atoms with van der Waals surface area (Å²) in [5.41, 5.74) is 0. The molecule has 1 aromatic heterocycles. The van der Waals surface area contributed by atoms with Gasteiger partial charge >= 0.3 is 0 Å². The lowest BCUT2D eigenvalue weighted by Crippen LogP contribution is -2.42. The zero-order chi connectivity index (χ0) is 12.8. The normalized spacial score (nSPS) is 14.6. The first-order valence-electron chi connectivity index (χ1n) is 5.91. The summed E-state index contributed by atoms with van der Waals surface area (Å²) in [5.74, 6) is 0.544. The molecule has 1 amide bonds. The molecule has 0 aliphatic carbocycles. The Morgan fingerprint density at radius 3 is 2.65 bits per heavy atom. The van der Waals surface area contributed by atoms with E-state index in [1.54, 1.807) is 24.6 Å². The van der Waals surface area contributed by atoms with Crippen molar-refractivity contribution in [2.24, 2.45) is 5.92 Å². The number of rotatable bonds is 6. The molecule has 0 fully saturated rings. The first-order valence-corrected chi connectivity index (χ1v) is 6.79. The van der Waals surface area contributed by atoms with Crippen LogP contribution in [0, 0.1) is 5.92 Å². The van der Waals surface area contributed by atoms with Crippen molar-refractivity contribution in [1.82, 2.24) is 15.6 Å².